The van der Waals surface area contributed by atoms with Crippen molar-refractivity contribution in [3.05, 3.63) is 23.4 Å². The van der Waals surface area contributed by atoms with E-state index in [1.807, 2.05) is 0 Å². The number of rotatable bonds is 5. The number of hydrogen-bond acceptors (Lipinski definition) is 3. The minimum absolute atomic E-state index is 0.430. The van der Waals surface area contributed by atoms with E-state index in [4.69, 9.17) is 21.3 Å². The summed E-state index contributed by atoms with van der Waals surface area (Å²) in [4.78, 5) is 7.14. The molecule has 4 heteroatoms. The van der Waals surface area contributed by atoms with Gasteiger partial charge in [0.2, 0.25) is 0 Å². The molecule has 2 heterocycles. The largest absolute Gasteiger partial charge is 0.384 e. The fourth-order valence-corrected chi connectivity index (χ4v) is 2.70. The zero-order valence-corrected chi connectivity index (χ0v) is 12.8. The Hall–Kier alpha value is -0.800. The van der Waals surface area contributed by atoms with Crippen LogP contribution in [0.3, 0.4) is 0 Å². The first-order valence-corrected chi connectivity index (χ1v) is 7.48. The van der Waals surface area contributed by atoms with Gasteiger partial charge in [0.05, 0.1) is 6.61 Å². The number of aromatic nitrogens is 1. The van der Waals surface area contributed by atoms with Crippen molar-refractivity contribution < 1.29 is 4.74 Å². The zero-order valence-electron chi connectivity index (χ0n) is 12.0. The van der Waals surface area contributed by atoms with Gasteiger partial charge in [0.1, 0.15) is 5.82 Å². The molecule has 106 valence electrons. The monoisotopic (exact) mass is 282 g/mol. The van der Waals surface area contributed by atoms with Crippen molar-refractivity contribution in [1.29, 1.82) is 0 Å². The maximum atomic E-state index is 5.99. The predicted octanol–water partition coefficient (Wildman–Crippen LogP) is 3.42. The molecule has 0 amide bonds. The highest BCUT2D eigenvalue weighted by molar-refractivity contribution is 6.17. The van der Waals surface area contributed by atoms with E-state index in [0.29, 0.717) is 17.7 Å². The Balaban J connectivity index is 2.17. The molecule has 1 saturated heterocycles. The topological polar surface area (TPSA) is 25.4 Å². The summed E-state index contributed by atoms with van der Waals surface area (Å²) in [6.45, 7) is 7.26. The van der Waals surface area contributed by atoms with Gasteiger partial charge in [0.25, 0.3) is 0 Å². The Morgan fingerprint density at radius 3 is 2.89 bits per heavy atom. The van der Waals surface area contributed by atoms with Crippen molar-refractivity contribution in [3.8, 4) is 0 Å². The fourth-order valence-electron chi connectivity index (χ4n) is 2.54. The van der Waals surface area contributed by atoms with Crippen molar-refractivity contribution in [2.24, 2.45) is 5.92 Å². The summed E-state index contributed by atoms with van der Waals surface area (Å²) in [5.41, 5.74) is 2.29. The molecule has 0 N–H and O–H groups in total. The summed E-state index contributed by atoms with van der Waals surface area (Å²) in [7, 11) is 1.77. The molecule has 1 unspecified atom stereocenters. The molecular weight excluding hydrogens is 260 g/mol. The molecule has 19 heavy (non-hydrogen) atoms. The van der Waals surface area contributed by atoms with Crippen LogP contribution in [-0.4, -0.2) is 31.8 Å². The highest BCUT2D eigenvalue weighted by atomic mass is 35.5. The number of halogens is 1. The number of methoxy groups -OCH3 is 1. The quantitative estimate of drug-likeness (QED) is 0.774. The molecule has 1 fully saturated rings. The van der Waals surface area contributed by atoms with Crippen molar-refractivity contribution >= 4 is 17.4 Å². The van der Waals surface area contributed by atoms with Gasteiger partial charge in [-0.1, -0.05) is 13.8 Å². The van der Waals surface area contributed by atoms with Gasteiger partial charge in [0, 0.05) is 37.7 Å². The summed E-state index contributed by atoms with van der Waals surface area (Å²) in [6.07, 6.45) is 1.18. The summed E-state index contributed by atoms with van der Waals surface area (Å²) in [5.74, 6) is 2.67. The number of ether oxygens (including phenoxy) is 1. The average Bonchev–Trinajstić information content (AvgIpc) is 2.87. The molecule has 0 aromatic carbocycles. The SMILES string of the molecule is COCC1CCN(c2cc(CCl)cc(C(C)C)n2)C1. The lowest BCUT2D eigenvalue weighted by Crippen LogP contribution is -2.22. The van der Waals surface area contributed by atoms with Crippen LogP contribution < -0.4 is 4.90 Å². The number of anilines is 1. The Morgan fingerprint density at radius 1 is 1.47 bits per heavy atom. The third kappa shape index (κ3) is 3.61. The second-order valence-corrected chi connectivity index (χ2v) is 5.87. The van der Waals surface area contributed by atoms with Crippen LogP contribution in [0.2, 0.25) is 0 Å². The zero-order chi connectivity index (χ0) is 13.8. The molecule has 1 aliphatic rings. The van der Waals surface area contributed by atoms with Gasteiger partial charge >= 0.3 is 0 Å². The van der Waals surface area contributed by atoms with Gasteiger partial charge in [-0.15, -0.1) is 11.6 Å². The predicted molar refractivity (Wildman–Crippen MR) is 80.1 cm³/mol. The Bertz CT molecular complexity index is 423. The standard InChI is InChI=1S/C15H23ClN2O/c1-11(2)14-6-13(8-16)7-15(17-14)18-5-4-12(9-18)10-19-3/h6-7,11-12H,4-5,8-10H2,1-3H3. The first-order valence-electron chi connectivity index (χ1n) is 6.94. The van der Waals surface area contributed by atoms with Crippen LogP contribution >= 0.6 is 11.6 Å². The molecular formula is C15H23ClN2O. The molecule has 0 saturated carbocycles. The molecule has 0 bridgehead atoms. The van der Waals surface area contributed by atoms with Crippen molar-refractivity contribution in [2.45, 2.75) is 32.1 Å². The lowest BCUT2D eigenvalue weighted by molar-refractivity contribution is 0.161. The van der Waals surface area contributed by atoms with E-state index in [1.165, 1.54) is 6.42 Å². The number of nitrogens with zero attached hydrogens (tertiary/aromatic N) is 2. The Morgan fingerprint density at radius 2 is 2.26 bits per heavy atom. The third-order valence-electron chi connectivity index (χ3n) is 3.65. The second kappa shape index (κ2) is 6.58. The van der Waals surface area contributed by atoms with Gasteiger partial charge in [-0.25, -0.2) is 4.98 Å². The van der Waals surface area contributed by atoms with Crippen LogP contribution in [0.4, 0.5) is 5.82 Å². The lowest BCUT2D eigenvalue weighted by atomic mass is 10.1. The van der Waals surface area contributed by atoms with Crippen LogP contribution in [0.5, 0.6) is 0 Å². The van der Waals surface area contributed by atoms with Gasteiger partial charge in [0.15, 0.2) is 0 Å². The Labute approximate surface area is 120 Å². The maximum Gasteiger partial charge on any atom is 0.129 e. The van der Waals surface area contributed by atoms with Gasteiger partial charge in [-0.2, -0.15) is 0 Å². The fraction of sp³-hybridized carbons (Fsp3) is 0.667. The molecule has 3 nitrogen and oxygen atoms in total. The average molecular weight is 283 g/mol. The summed E-state index contributed by atoms with van der Waals surface area (Å²) in [5, 5.41) is 0. The van der Waals surface area contributed by atoms with Crippen molar-refractivity contribution in [1.82, 2.24) is 4.98 Å². The molecule has 2 rings (SSSR count). The molecule has 0 radical (unpaired) electrons. The smallest absolute Gasteiger partial charge is 0.129 e. The number of alkyl halides is 1. The minimum Gasteiger partial charge on any atom is -0.384 e. The van der Waals surface area contributed by atoms with Crippen molar-refractivity contribution in [3.63, 3.8) is 0 Å². The molecule has 1 aromatic heterocycles. The third-order valence-corrected chi connectivity index (χ3v) is 3.96. The van der Waals surface area contributed by atoms with E-state index < -0.39 is 0 Å². The van der Waals surface area contributed by atoms with E-state index in [0.717, 1.165) is 36.8 Å². The Kier molecular flexibility index (Phi) is 5.06. The van der Waals surface area contributed by atoms with E-state index >= 15 is 0 Å². The van der Waals surface area contributed by atoms with E-state index in [2.05, 4.69) is 30.9 Å². The first kappa shape index (κ1) is 14.6. The molecule has 0 aliphatic carbocycles. The molecule has 1 aliphatic heterocycles. The first-order chi connectivity index (χ1) is 9.13. The molecule has 0 spiro atoms. The summed E-state index contributed by atoms with van der Waals surface area (Å²) < 4.78 is 5.25. The van der Waals surface area contributed by atoms with Crippen LogP contribution in [0.25, 0.3) is 0 Å². The summed E-state index contributed by atoms with van der Waals surface area (Å²) >= 11 is 5.99. The minimum atomic E-state index is 0.430. The van der Waals surface area contributed by atoms with Gasteiger partial charge < -0.3 is 9.64 Å². The van der Waals surface area contributed by atoms with E-state index in [1.54, 1.807) is 7.11 Å². The highest BCUT2D eigenvalue weighted by Crippen LogP contribution is 2.26. The highest BCUT2D eigenvalue weighted by Gasteiger charge is 2.24. The van der Waals surface area contributed by atoms with Crippen molar-refractivity contribution in [2.75, 3.05) is 31.7 Å². The lowest BCUT2D eigenvalue weighted by Gasteiger charge is -2.20. The van der Waals surface area contributed by atoms with Crippen LogP contribution in [0, 0.1) is 5.92 Å². The normalized spacial score (nSPS) is 19.4. The number of pyridine rings is 1. The van der Waals surface area contributed by atoms with Gasteiger partial charge in [-0.3, -0.25) is 0 Å². The van der Waals surface area contributed by atoms with Crippen LogP contribution in [-0.2, 0) is 10.6 Å². The van der Waals surface area contributed by atoms with Gasteiger partial charge in [-0.05, 0) is 30.0 Å². The van der Waals surface area contributed by atoms with E-state index in [9.17, 15) is 0 Å². The van der Waals surface area contributed by atoms with Crippen LogP contribution in [0.15, 0.2) is 12.1 Å². The van der Waals surface area contributed by atoms with Crippen LogP contribution in [0.1, 0.15) is 37.4 Å². The summed E-state index contributed by atoms with van der Waals surface area (Å²) in [6, 6.07) is 4.23. The van der Waals surface area contributed by atoms with E-state index in [-0.39, 0.29) is 0 Å². The molecule has 1 aromatic rings. The molecule has 1 atom stereocenters. The maximum absolute atomic E-state index is 5.99. The second-order valence-electron chi connectivity index (χ2n) is 5.60. The number of hydrogen-bond donors (Lipinski definition) is 0.